The number of rotatable bonds is 2. The summed E-state index contributed by atoms with van der Waals surface area (Å²) < 4.78 is 0. The highest BCUT2D eigenvalue weighted by molar-refractivity contribution is 6.33. The lowest BCUT2D eigenvalue weighted by Gasteiger charge is -2.35. The van der Waals surface area contributed by atoms with Gasteiger partial charge in [0.25, 0.3) is 0 Å². The SMILES string of the molecule is CC(Cl)C(=O)c1cc2c3c(c1)CCC(=O)N3CCC2. The fourth-order valence-electron chi connectivity index (χ4n) is 3.03. The Labute approximate surface area is 117 Å². The zero-order chi connectivity index (χ0) is 13.6. The standard InChI is InChI=1S/C15H16ClNO2/c1-9(16)15(19)12-7-10-3-2-6-17-13(18)5-4-11(8-12)14(10)17/h7-9H,2-6H2,1H3. The van der Waals surface area contributed by atoms with Crippen molar-refractivity contribution in [3.63, 3.8) is 0 Å². The highest BCUT2D eigenvalue weighted by Crippen LogP contribution is 2.36. The lowest BCUT2D eigenvalue weighted by molar-refractivity contribution is -0.119. The van der Waals surface area contributed by atoms with Crippen LogP contribution in [-0.2, 0) is 17.6 Å². The van der Waals surface area contributed by atoms with Crippen molar-refractivity contribution in [3.05, 3.63) is 28.8 Å². The van der Waals surface area contributed by atoms with E-state index in [4.69, 9.17) is 11.6 Å². The molecule has 3 rings (SSSR count). The first-order chi connectivity index (χ1) is 9.08. The van der Waals surface area contributed by atoms with Crippen molar-refractivity contribution in [1.29, 1.82) is 0 Å². The summed E-state index contributed by atoms with van der Waals surface area (Å²) >= 11 is 5.89. The average molecular weight is 278 g/mol. The van der Waals surface area contributed by atoms with Gasteiger partial charge in [-0.1, -0.05) is 0 Å². The van der Waals surface area contributed by atoms with Gasteiger partial charge in [0, 0.05) is 18.5 Å². The molecule has 4 heteroatoms. The smallest absolute Gasteiger partial charge is 0.227 e. The van der Waals surface area contributed by atoms with Crippen molar-refractivity contribution >= 4 is 29.0 Å². The van der Waals surface area contributed by atoms with Crippen LogP contribution in [0.5, 0.6) is 0 Å². The molecule has 0 N–H and O–H groups in total. The summed E-state index contributed by atoms with van der Waals surface area (Å²) in [6.07, 6.45) is 3.17. The van der Waals surface area contributed by atoms with Crippen LogP contribution in [-0.4, -0.2) is 23.6 Å². The van der Waals surface area contributed by atoms with Gasteiger partial charge in [0.15, 0.2) is 5.78 Å². The minimum absolute atomic E-state index is 0.0326. The van der Waals surface area contributed by atoms with Gasteiger partial charge >= 0.3 is 0 Å². The van der Waals surface area contributed by atoms with Crippen LogP contribution in [0, 0.1) is 0 Å². The molecule has 1 aromatic carbocycles. The molecule has 1 aromatic rings. The molecule has 0 aromatic heterocycles. The van der Waals surface area contributed by atoms with Crippen LogP contribution in [0.4, 0.5) is 5.69 Å². The van der Waals surface area contributed by atoms with E-state index in [0.717, 1.165) is 42.6 Å². The number of halogens is 1. The van der Waals surface area contributed by atoms with Gasteiger partial charge < -0.3 is 4.90 Å². The quantitative estimate of drug-likeness (QED) is 0.616. The predicted molar refractivity (Wildman–Crippen MR) is 75.1 cm³/mol. The number of anilines is 1. The molecular weight excluding hydrogens is 262 g/mol. The van der Waals surface area contributed by atoms with Crippen LogP contribution in [0.2, 0.25) is 0 Å². The summed E-state index contributed by atoms with van der Waals surface area (Å²) in [5.41, 5.74) is 3.99. The van der Waals surface area contributed by atoms with E-state index in [1.54, 1.807) is 6.92 Å². The fraction of sp³-hybridized carbons (Fsp3) is 0.467. The van der Waals surface area contributed by atoms with E-state index < -0.39 is 5.38 Å². The van der Waals surface area contributed by atoms with Gasteiger partial charge in [-0.25, -0.2) is 0 Å². The first-order valence-corrected chi connectivity index (χ1v) is 7.16. The molecule has 1 amide bonds. The third-order valence-corrected chi connectivity index (χ3v) is 4.12. The van der Waals surface area contributed by atoms with Gasteiger partial charge in [-0.3, -0.25) is 9.59 Å². The molecule has 0 aliphatic carbocycles. The number of Topliss-reactive ketones (excluding diaryl/α,β-unsaturated/α-hetero) is 1. The Kier molecular flexibility index (Phi) is 3.09. The van der Waals surface area contributed by atoms with E-state index in [0.29, 0.717) is 12.0 Å². The van der Waals surface area contributed by atoms with E-state index in [9.17, 15) is 9.59 Å². The Morgan fingerprint density at radius 2 is 1.95 bits per heavy atom. The van der Waals surface area contributed by atoms with E-state index in [1.165, 1.54) is 0 Å². The summed E-state index contributed by atoms with van der Waals surface area (Å²) in [4.78, 5) is 25.9. The van der Waals surface area contributed by atoms with Gasteiger partial charge in [0.1, 0.15) is 0 Å². The monoisotopic (exact) mass is 277 g/mol. The van der Waals surface area contributed by atoms with Gasteiger partial charge in [-0.15, -0.1) is 11.6 Å². The second-order valence-electron chi connectivity index (χ2n) is 5.27. The molecule has 2 aliphatic rings. The number of hydrogen-bond acceptors (Lipinski definition) is 2. The first-order valence-electron chi connectivity index (χ1n) is 6.72. The van der Waals surface area contributed by atoms with Crippen LogP contribution in [0.3, 0.4) is 0 Å². The molecule has 0 bridgehead atoms. The van der Waals surface area contributed by atoms with E-state index in [-0.39, 0.29) is 11.7 Å². The third-order valence-electron chi connectivity index (χ3n) is 3.92. The van der Waals surface area contributed by atoms with Crippen molar-refractivity contribution in [2.24, 2.45) is 0 Å². The van der Waals surface area contributed by atoms with Gasteiger partial charge in [-0.05, 0) is 49.4 Å². The molecule has 2 heterocycles. The Morgan fingerprint density at radius 3 is 2.63 bits per heavy atom. The highest BCUT2D eigenvalue weighted by Gasteiger charge is 2.30. The minimum Gasteiger partial charge on any atom is -0.312 e. The lowest BCUT2D eigenvalue weighted by atomic mass is 9.88. The summed E-state index contributed by atoms with van der Waals surface area (Å²) in [6.45, 7) is 2.50. The largest absolute Gasteiger partial charge is 0.312 e. The summed E-state index contributed by atoms with van der Waals surface area (Å²) in [5.74, 6) is 0.174. The van der Waals surface area contributed by atoms with Gasteiger partial charge in [0.05, 0.1) is 11.1 Å². The normalized spacial score (nSPS) is 19.1. The number of carbonyl (C=O) groups excluding carboxylic acids is 2. The van der Waals surface area contributed by atoms with Crippen LogP contribution in [0.25, 0.3) is 0 Å². The van der Waals surface area contributed by atoms with Crippen molar-refractivity contribution in [2.45, 2.75) is 38.0 Å². The molecular formula is C15H16ClNO2. The van der Waals surface area contributed by atoms with Crippen molar-refractivity contribution in [1.82, 2.24) is 0 Å². The Balaban J connectivity index is 2.11. The lowest BCUT2D eigenvalue weighted by Crippen LogP contribution is -2.39. The van der Waals surface area contributed by atoms with Crippen LogP contribution in [0.15, 0.2) is 12.1 Å². The minimum atomic E-state index is -0.504. The Hall–Kier alpha value is -1.35. The van der Waals surface area contributed by atoms with Crippen molar-refractivity contribution in [3.8, 4) is 0 Å². The molecule has 0 radical (unpaired) electrons. The number of carbonyl (C=O) groups is 2. The molecule has 0 saturated carbocycles. The predicted octanol–water partition coefficient (Wildman–Crippen LogP) is 2.72. The Morgan fingerprint density at radius 1 is 1.26 bits per heavy atom. The van der Waals surface area contributed by atoms with E-state index in [2.05, 4.69) is 0 Å². The zero-order valence-electron chi connectivity index (χ0n) is 10.9. The molecule has 2 aliphatic heterocycles. The molecule has 1 unspecified atom stereocenters. The van der Waals surface area contributed by atoms with E-state index in [1.807, 2.05) is 17.0 Å². The molecule has 0 spiro atoms. The molecule has 100 valence electrons. The number of alkyl halides is 1. The van der Waals surface area contributed by atoms with Crippen LogP contribution < -0.4 is 4.90 Å². The van der Waals surface area contributed by atoms with Crippen molar-refractivity contribution < 1.29 is 9.59 Å². The second kappa shape index (κ2) is 4.64. The van der Waals surface area contributed by atoms with Gasteiger partial charge in [-0.2, -0.15) is 0 Å². The number of aryl methyl sites for hydroxylation is 2. The maximum Gasteiger partial charge on any atom is 0.227 e. The molecule has 1 atom stereocenters. The average Bonchev–Trinajstić information content (AvgIpc) is 2.41. The number of ketones is 1. The van der Waals surface area contributed by atoms with Crippen LogP contribution >= 0.6 is 11.6 Å². The number of hydrogen-bond donors (Lipinski definition) is 0. The van der Waals surface area contributed by atoms with Crippen LogP contribution in [0.1, 0.15) is 41.3 Å². The summed E-state index contributed by atoms with van der Waals surface area (Å²) in [5, 5.41) is -0.504. The zero-order valence-corrected chi connectivity index (χ0v) is 11.7. The van der Waals surface area contributed by atoms with E-state index >= 15 is 0 Å². The number of benzene rings is 1. The Bertz CT molecular complexity index is 548. The molecule has 0 fully saturated rings. The maximum absolute atomic E-state index is 12.0. The van der Waals surface area contributed by atoms with Gasteiger partial charge in [0.2, 0.25) is 5.91 Å². The fourth-order valence-corrected chi connectivity index (χ4v) is 3.15. The topological polar surface area (TPSA) is 37.4 Å². The summed E-state index contributed by atoms with van der Waals surface area (Å²) in [7, 11) is 0. The summed E-state index contributed by atoms with van der Waals surface area (Å²) in [6, 6.07) is 3.84. The molecule has 0 saturated heterocycles. The second-order valence-corrected chi connectivity index (χ2v) is 5.93. The third kappa shape index (κ3) is 2.06. The van der Waals surface area contributed by atoms with Crippen molar-refractivity contribution in [2.75, 3.05) is 11.4 Å². The highest BCUT2D eigenvalue weighted by atomic mass is 35.5. The first kappa shape index (κ1) is 12.7. The molecule has 19 heavy (non-hydrogen) atoms. The number of nitrogens with zero attached hydrogens (tertiary/aromatic N) is 1. The number of amides is 1. The maximum atomic E-state index is 12.0. The molecule has 3 nitrogen and oxygen atoms in total.